The van der Waals surface area contributed by atoms with Crippen LogP contribution in [0.15, 0.2) is 39.9 Å². The van der Waals surface area contributed by atoms with E-state index in [4.69, 9.17) is 11.6 Å². The Morgan fingerprint density at radius 1 is 1.36 bits per heavy atom. The van der Waals surface area contributed by atoms with E-state index in [2.05, 4.69) is 16.8 Å². The number of rotatable bonds is 3. The van der Waals surface area contributed by atoms with Crippen LogP contribution < -0.4 is 0 Å². The maximum atomic E-state index is 11.5. The third kappa shape index (κ3) is 2.42. The smallest absolute Gasteiger partial charge is 0.344 e. The predicted molar refractivity (Wildman–Crippen MR) is 90.0 cm³/mol. The Morgan fingerprint density at radius 3 is 2.55 bits per heavy atom. The minimum Gasteiger partial charge on any atom is -0.477 e. The van der Waals surface area contributed by atoms with Crippen molar-refractivity contribution in [1.82, 2.24) is 4.90 Å². The second-order valence-electron chi connectivity index (χ2n) is 5.79. The first-order valence-corrected chi connectivity index (χ1v) is 8.37. The van der Waals surface area contributed by atoms with Crippen molar-refractivity contribution >= 4 is 34.5 Å². The summed E-state index contributed by atoms with van der Waals surface area (Å²) in [7, 11) is 0. The first-order chi connectivity index (χ1) is 10.4. The molecule has 116 valence electrons. The van der Waals surface area contributed by atoms with Crippen LogP contribution in [0.4, 0.5) is 0 Å². The van der Waals surface area contributed by atoms with Gasteiger partial charge in [-0.15, -0.1) is 0 Å². The third-order valence-electron chi connectivity index (χ3n) is 3.89. The van der Waals surface area contributed by atoms with Crippen molar-refractivity contribution in [2.75, 3.05) is 0 Å². The van der Waals surface area contributed by atoms with E-state index < -0.39 is 5.97 Å². The van der Waals surface area contributed by atoms with E-state index in [1.54, 1.807) is 0 Å². The van der Waals surface area contributed by atoms with Gasteiger partial charge in [0.1, 0.15) is 4.91 Å². The predicted octanol–water partition coefficient (Wildman–Crippen LogP) is 4.14. The molecule has 2 unspecified atom stereocenters. The van der Waals surface area contributed by atoms with E-state index in [0.29, 0.717) is 9.93 Å². The Morgan fingerprint density at radius 2 is 2.00 bits per heavy atom. The Balaban J connectivity index is 2.06. The molecule has 1 aromatic carbocycles. The summed E-state index contributed by atoms with van der Waals surface area (Å²) in [5.74, 6) is -0.764. The molecule has 0 saturated heterocycles. The zero-order chi connectivity index (χ0) is 16.0. The maximum Gasteiger partial charge on any atom is 0.344 e. The molecule has 2 atom stereocenters. The summed E-state index contributed by atoms with van der Waals surface area (Å²) in [4.78, 5) is 18.7. The second kappa shape index (κ2) is 5.63. The van der Waals surface area contributed by atoms with Gasteiger partial charge in [-0.05, 0) is 42.3 Å². The topological polar surface area (TPSA) is 52.9 Å². The van der Waals surface area contributed by atoms with Crippen molar-refractivity contribution in [3.63, 3.8) is 0 Å². The highest BCUT2D eigenvalue weighted by Gasteiger charge is 2.45. The lowest BCUT2D eigenvalue weighted by atomic mass is 9.98. The fourth-order valence-corrected chi connectivity index (χ4v) is 4.37. The molecule has 0 aromatic heterocycles. The van der Waals surface area contributed by atoms with E-state index in [9.17, 15) is 9.90 Å². The number of aliphatic imine (C=N–C) groups is 1. The van der Waals surface area contributed by atoms with Crippen molar-refractivity contribution in [1.29, 1.82) is 0 Å². The lowest BCUT2D eigenvalue weighted by Crippen LogP contribution is -2.30. The van der Waals surface area contributed by atoms with Crippen LogP contribution >= 0.6 is 23.4 Å². The van der Waals surface area contributed by atoms with Gasteiger partial charge in [-0.3, -0.25) is 4.99 Å². The van der Waals surface area contributed by atoms with E-state index in [1.807, 2.05) is 38.1 Å². The average Bonchev–Trinajstić information content (AvgIpc) is 2.94. The first kappa shape index (κ1) is 15.4. The number of carbonyl (C=O) groups is 1. The van der Waals surface area contributed by atoms with Gasteiger partial charge in [-0.2, -0.15) is 0 Å². The fourth-order valence-electron chi connectivity index (χ4n) is 3.00. The van der Waals surface area contributed by atoms with Gasteiger partial charge in [0, 0.05) is 10.7 Å². The molecule has 0 saturated carbocycles. The molecule has 2 aliphatic heterocycles. The molecular formula is C16H17ClN2O2S. The van der Waals surface area contributed by atoms with E-state index >= 15 is 0 Å². The van der Waals surface area contributed by atoms with Crippen LogP contribution in [0.3, 0.4) is 0 Å². The molecule has 0 fully saturated rings. The number of hydrogen-bond donors (Lipinski definition) is 1. The monoisotopic (exact) mass is 336 g/mol. The van der Waals surface area contributed by atoms with Gasteiger partial charge >= 0.3 is 5.97 Å². The molecule has 6 heteroatoms. The van der Waals surface area contributed by atoms with Gasteiger partial charge < -0.3 is 10.0 Å². The Bertz CT molecular complexity index is 682. The molecule has 0 aliphatic carbocycles. The molecule has 22 heavy (non-hydrogen) atoms. The van der Waals surface area contributed by atoms with Gasteiger partial charge in [-0.25, -0.2) is 4.79 Å². The summed E-state index contributed by atoms with van der Waals surface area (Å²) in [6.45, 7) is 6.09. The highest BCUT2D eigenvalue weighted by Crippen LogP contribution is 2.48. The number of aliphatic carboxylic acids is 1. The number of hydrogen-bond acceptors (Lipinski definition) is 4. The number of fused-ring (bicyclic) bond motifs is 1. The maximum absolute atomic E-state index is 11.5. The quantitative estimate of drug-likeness (QED) is 0.901. The molecule has 1 aromatic rings. The summed E-state index contributed by atoms with van der Waals surface area (Å²) < 4.78 is 0. The summed E-state index contributed by atoms with van der Waals surface area (Å²) in [5, 5.41) is 10.9. The second-order valence-corrected chi connectivity index (χ2v) is 7.21. The van der Waals surface area contributed by atoms with Gasteiger partial charge in [-0.1, -0.05) is 37.6 Å². The van der Waals surface area contributed by atoms with Gasteiger partial charge in [0.15, 0.2) is 5.17 Å². The van der Waals surface area contributed by atoms with Gasteiger partial charge in [0.05, 0.1) is 12.1 Å². The normalized spacial score (nSPS) is 24.0. The lowest BCUT2D eigenvalue weighted by Gasteiger charge is -2.30. The fraction of sp³-hybridized carbons (Fsp3) is 0.375. The Labute approximate surface area is 138 Å². The first-order valence-electron chi connectivity index (χ1n) is 7.18. The molecule has 3 rings (SSSR count). The van der Waals surface area contributed by atoms with Crippen LogP contribution in [0.25, 0.3) is 0 Å². The Hall–Kier alpha value is -1.46. The highest BCUT2D eigenvalue weighted by molar-refractivity contribution is 8.18. The van der Waals surface area contributed by atoms with Crippen LogP contribution in [0.2, 0.25) is 5.02 Å². The van der Waals surface area contributed by atoms with Gasteiger partial charge in [0.2, 0.25) is 0 Å². The molecule has 2 heterocycles. The molecule has 0 radical (unpaired) electrons. The molecule has 2 aliphatic rings. The van der Waals surface area contributed by atoms with Crippen molar-refractivity contribution in [2.24, 2.45) is 10.9 Å². The molecular weight excluding hydrogens is 320 g/mol. The van der Waals surface area contributed by atoms with Crippen molar-refractivity contribution in [3.8, 4) is 0 Å². The molecule has 0 spiro atoms. The van der Waals surface area contributed by atoms with Crippen LogP contribution in [0.1, 0.15) is 32.4 Å². The van der Waals surface area contributed by atoms with Crippen LogP contribution in [-0.2, 0) is 4.79 Å². The number of amidine groups is 1. The number of halogens is 1. The third-order valence-corrected chi connectivity index (χ3v) is 5.22. The van der Waals surface area contributed by atoms with Crippen LogP contribution in [0, 0.1) is 5.92 Å². The number of carboxylic acids is 1. The van der Waals surface area contributed by atoms with E-state index in [-0.39, 0.29) is 18.0 Å². The van der Waals surface area contributed by atoms with Crippen molar-refractivity contribution in [3.05, 3.63) is 45.5 Å². The largest absolute Gasteiger partial charge is 0.477 e. The summed E-state index contributed by atoms with van der Waals surface area (Å²) in [5.41, 5.74) is 1.95. The van der Waals surface area contributed by atoms with Gasteiger partial charge in [0.25, 0.3) is 0 Å². The van der Waals surface area contributed by atoms with Crippen LogP contribution in [-0.4, -0.2) is 27.2 Å². The minimum atomic E-state index is -0.881. The molecule has 0 amide bonds. The van der Waals surface area contributed by atoms with Crippen LogP contribution in [0.5, 0.6) is 0 Å². The summed E-state index contributed by atoms with van der Waals surface area (Å²) in [6.07, 6.45) is 0. The summed E-state index contributed by atoms with van der Waals surface area (Å²) >= 11 is 7.24. The SMILES string of the molecule is CC(C)C1=C(C(=O)O)SC2=NC(C)C(c3ccc(Cl)cc3)N21. The standard InChI is InChI=1S/C16H17ClN2O2S/c1-8(2)12-14(15(20)21)22-16-18-9(3)13(19(12)16)10-4-6-11(17)7-5-10/h4-9,13H,1-3H3,(H,20,21). The number of nitrogens with zero attached hydrogens (tertiary/aromatic N) is 2. The van der Waals surface area contributed by atoms with E-state index in [1.165, 1.54) is 11.8 Å². The number of allylic oxidation sites excluding steroid dienone is 1. The number of thioether (sulfide) groups is 1. The number of benzene rings is 1. The number of carboxylic acid groups (broad SMARTS) is 1. The van der Waals surface area contributed by atoms with E-state index in [0.717, 1.165) is 16.4 Å². The zero-order valence-electron chi connectivity index (χ0n) is 12.6. The molecule has 0 bridgehead atoms. The minimum absolute atomic E-state index is 0.0222. The Kier molecular flexibility index (Phi) is 3.95. The van der Waals surface area contributed by atoms with Crippen molar-refractivity contribution < 1.29 is 9.90 Å². The lowest BCUT2D eigenvalue weighted by molar-refractivity contribution is -0.131. The highest BCUT2D eigenvalue weighted by atomic mass is 35.5. The average molecular weight is 337 g/mol. The zero-order valence-corrected chi connectivity index (χ0v) is 14.1. The molecule has 4 nitrogen and oxygen atoms in total. The molecule has 1 N–H and O–H groups in total. The van der Waals surface area contributed by atoms with Crippen molar-refractivity contribution in [2.45, 2.75) is 32.9 Å². The summed E-state index contributed by atoms with van der Waals surface area (Å²) in [6, 6.07) is 7.80.